The number of nitrogens with zero attached hydrogens (tertiary/aromatic N) is 2. The van der Waals surface area contributed by atoms with Crippen LogP contribution in [0.5, 0.6) is 5.75 Å². The van der Waals surface area contributed by atoms with Gasteiger partial charge in [-0.05, 0) is 62.4 Å². The van der Waals surface area contributed by atoms with Gasteiger partial charge in [0, 0.05) is 9.13 Å². The number of aromatic nitrogens is 2. The van der Waals surface area contributed by atoms with Crippen LogP contribution in [0.2, 0.25) is 0 Å². The first-order chi connectivity index (χ1) is 9.65. The lowest BCUT2D eigenvalue weighted by Crippen LogP contribution is -2.01. The molecular formula is C14H18IN2O2P. The fourth-order valence-electron chi connectivity index (χ4n) is 1.85. The van der Waals surface area contributed by atoms with E-state index in [1.807, 2.05) is 0 Å². The molecule has 20 heavy (non-hydrogen) atoms. The highest BCUT2D eigenvalue weighted by molar-refractivity contribution is 14.1. The lowest BCUT2D eigenvalue weighted by atomic mass is 10.1. The van der Waals surface area contributed by atoms with E-state index < -0.39 is 0 Å². The molecule has 0 amide bonds. The van der Waals surface area contributed by atoms with Gasteiger partial charge in [-0.1, -0.05) is 25.4 Å². The molecule has 1 aromatic heterocycles. The van der Waals surface area contributed by atoms with Crippen LogP contribution in [0.15, 0.2) is 16.7 Å². The monoisotopic (exact) mass is 404 g/mol. The van der Waals surface area contributed by atoms with Gasteiger partial charge in [0.05, 0.1) is 6.61 Å². The standard InChI is InChI=1S/C14H18IN2O2P/c1-3-5-6-18-12-8-11(15)10(7-9(12)4-2)13-16-14(20)19-17-13/h7-8H,3-6,20H2,1-2H3. The minimum Gasteiger partial charge on any atom is -0.493 e. The summed E-state index contributed by atoms with van der Waals surface area (Å²) < 4.78 is 12.0. The van der Waals surface area contributed by atoms with Crippen LogP contribution < -0.4 is 10.4 Å². The third-order valence-corrected chi connectivity index (χ3v) is 4.10. The third kappa shape index (κ3) is 3.70. The molecule has 0 spiro atoms. The first-order valence-corrected chi connectivity index (χ1v) is 8.36. The molecule has 2 aromatic rings. The molecule has 0 saturated heterocycles. The second-order valence-electron chi connectivity index (χ2n) is 4.45. The maximum Gasteiger partial charge on any atom is 0.241 e. The molecule has 108 valence electrons. The Labute approximate surface area is 135 Å². The SMILES string of the molecule is CCCCOc1cc(I)c(-c2noc(P)n2)cc1CC. The van der Waals surface area contributed by atoms with Crippen LogP contribution in [0.4, 0.5) is 0 Å². The molecule has 4 nitrogen and oxygen atoms in total. The summed E-state index contributed by atoms with van der Waals surface area (Å²) in [4.78, 5) is 4.26. The smallest absolute Gasteiger partial charge is 0.241 e. The molecule has 0 aliphatic heterocycles. The van der Waals surface area contributed by atoms with Gasteiger partial charge in [-0.15, -0.1) is 0 Å². The molecule has 0 bridgehead atoms. The van der Waals surface area contributed by atoms with Crippen LogP contribution >= 0.6 is 31.8 Å². The maximum absolute atomic E-state index is 5.87. The Kier molecular flexibility index (Phi) is 5.78. The Morgan fingerprint density at radius 2 is 2.15 bits per heavy atom. The van der Waals surface area contributed by atoms with Crippen molar-refractivity contribution in [2.24, 2.45) is 0 Å². The molecule has 0 saturated carbocycles. The minimum atomic E-state index is 0.497. The quantitative estimate of drug-likeness (QED) is 0.420. The zero-order chi connectivity index (χ0) is 14.5. The summed E-state index contributed by atoms with van der Waals surface area (Å²) in [5.74, 6) is 1.58. The van der Waals surface area contributed by atoms with Crippen LogP contribution in [-0.4, -0.2) is 16.7 Å². The second kappa shape index (κ2) is 7.36. The van der Waals surface area contributed by atoms with E-state index in [0.717, 1.165) is 40.8 Å². The largest absolute Gasteiger partial charge is 0.493 e. The molecule has 0 aliphatic rings. The molecule has 1 aromatic carbocycles. The Morgan fingerprint density at radius 1 is 1.35 bits per heavy atom. The van der Waals surface area contributed by atoms with Crippen molar-refractivity contribution >= 4 is 37.5 Å². The second-order valence-corrected chi connectivity index (χ2v) is 6.11. The normalized spacial score (nSPS) is 10.8. The van der Waals surface area contributed by atoms with Gasteiger partial charge in [-0.2, -0.15) is 4.98 Å². The Hall–Kier alpha value is -0.680. The van der Waals surface area contributed by atoms with E-state index in [4.69, 9.17) is 9.26 Å². The van der Waals surface area contributed by atoms with Crippen molar-refractivity contribution in [3.63, 3.8) is 0 Å². The zero-order valence-corrected chi connectivity index (χ0v) is 15.0. The van der Waals surface area contributed by atoms with Gasteiger partial charge < -0.3 is 9.26 Å². The van der Waals surface area contributed by atoms with Gasteiger partial charge in [-0.25, -0.2) is 0 Å². The van der Waals surface area contributed by atoms with E-state index in [9.17, 15) is 0 Å². The highest BCUT2D eigenvalue weighted by Crippen LogP contribution is 2.30. The van der Waals surface area contributed by atoms with Crippen LogP contribution in [-0.2, 0) is 6.42 Å². The van der Waals surface area contributed by atoms with E-state index >= 15 is 0 Å². The van der Waals surface area contributed by atoms with Crippen LogP contribution in [0, 0.1) is 3.57 Å². The van der Waals surface area contributed by atoms with E-state index in [1.54, 1.807) is 0 Å². The van der Waals surface area contributed by atoms with Gasteiger partial charge in [0.15, 0.2) is 0 Å². The molecule has 1 unspecified atom stereocenters. The Morgan fingerprint density at radius 3 is 2.75 bits per heavy atom. The molecule has 1 heterocycles. The van der Waals surface area contributed by atoms with Crippen molar-refractivity contribution in [2.75, 3.05) is 6.61 Å². The molecule has 0 radical (unpaired) electrons. The topological polar surface area (TPSA) is 48.2 Å². The zero-order valence-electron chi connectivity index (χ0n) is 11.6. The fourth-order valence-corrected chi connectivity index (χ4v) is 2.71. The molecule has 6 heteroatoms. The molecule has 2 rings (SSSR count). The molecule has 0 N–H and O–H groups in total. The molecule has 0 fully saturated rings. The summed E-state index contributed by atoms with van der Waals surface area (Å²) in [7, 11) is 2.41. The predicted octanol–water partition coefficient (Wildman–Crippen LogP) is 3.58. The lowest BCUT2D eigenvalue weighted by molar-refractivity contribution is 0.306. The van der Waals surface area contributed by atoms with E-state index in [2.05, 4.69) is 68.0 Å². The number of hydrogen-bond donors (Lipinski definition) is 0. The number of hydrogen-bond acceptors (Lipinski definition) is 4. The minimum absolute atomic E-state index is 0.497. The summed E-state index contributed by atoms with van der Waals surface area (Å²) in [6, 6.07) is 4.15. The first kappa shape index (κ1) is 15.7. The predicted molar refractivity (Wildman–Crippen MR) is 91.6 cm³/mol. The van der Waals surface area contributed by atoms with Crippen molar-refractivity contribution in [3.05, 3.63) is 21.3 Å². The third-order valence-electron chi connectivity index (χ3n) is 2.97. The highest BCUT2D eigenvalue weighted by Gasteiger charge is 2.14. The average Bonchev–Trinajstić information content (AvgIpc) is 2.86. The van der Waals surface area contributed by atoms with Gasteiger partial charge in [-0.3, -0.25) is 0 Å². The molecule has 1 atom stereocenters. The number of ether oxygens (including phenoxy) is 1. The lowest BCUT2D eigenvalue weighted by Gasteiger charge is -2.12. The number of unbranched alkanes of at least 4 members (excludes halogenated alkanes) is 1. The van der Waals surface area contributed by atoms with Gasteiger partial charge in [0.2, 0.25) is 11.5 Å². The van der Waals surface area contributed by atoms with E-state index in [1.165, 1.54) is 5.56 Å². The van der Waals surface area contributed by atoms with Crippen molar-refractivity contribution in [1.29, 1.82) is 0 Å². The van der Waals surface area contributed by atoms with E-state index in [0.29, 0.717) is 11.5 Å². The van der Waals surface area contributed by atoms with Gasteiger partial charge in [0.25, 0.3) is 0 Å². The number of aryl methyl sites for hydroxylation is 1. The number of halogens is 1. The molecular weight excluding hydrogens is 386 g/mol. The summed E-state index contributed by atoms with van der Waals surface area (Å²) in [6.45, 7) is 5.04. The van der Waals surface area contributed by atoms with Gasteiger partial charge in [0.1, 0.15) is 5.75 Å². The number of rotatable bonds is 6. The van der Waals surface area contributed by atoms with E-state index in [-0.39, 0.29) is 0 Å². The van der Waals surface area contributed by atoms with Crippen molar-refractivity contribution in [1.82, 2.24) is 10.1 Å². The summed E-state index contributed by atoms with van der Waals surface area (Å²) >= 11 is 2.28. The Bertz CT molecular complexity index is 587. The first-order valence-electron chi connectivity index (χ1n) is 6.70. The summed E-state index contributed by atoms with van der Waals surface area (Å²) in [5, 5.41) is 3.97. The maximum atomic E-state index is 5.87. The van der Waals surface area contributed by atoms with Crippen molar-refractivity contribution in [3.8, 4) is 17.1 Å². The van der Waals surface area contributed by atoms with Crippen molar-refractivity contribution < 1.29 is 9.26 Å². The highest BCUT2D eigenvalue weighted by atomic mass is 127. The van der Waals surface area contributed by atoms with Crippen LogP contribution in [0.1, 0.15) is 32.3 Å². The van der Waals surface area contributed by atoms with Crippen LogP contribution in [0.25, 0.3) is 11.4 Å². The van der Waals surface area contributed by atoms with Crippen LogP contribution in [0.3, 0.4) is 0 Å². The number of benzene rings is 1. The van der Waals surface area contributed by atoms with Crippen molar-refractivity contribution in [2.45, 2.75) is 33.1 Å². The fraction of sp³-hybridized carbons (Fsp3) is 0.429. The molecule has 0 aliphatic carbocycles. The average molecular weight is 404 g/mol. The van der Waals surface area contributed by atoms with Gasteiger partial charge >= 0.3 is 0 Å². The Balaban J connectivity index is 2.32. The summed E-state index contributed by atoms with van der Waals surface area (Å²) in [6.07, 6.45) is 3.12. The summed E-state index contributed by atoms with van der Waals surface area (Å²) in [5.41, 5.74) is 2.66.